The molecule has 0 fully saturated rings. The molecular formula is C7H9N2NaO3S. The van der Waals surface area contributed by atoms with Crippen molar-refractivity contribution in [1.82, 2.24) is 4.83 Å². The van der Waals surface area contributed by atoms with Gasteiger partial charge in [0.15, 0.2) is 10.3 Å². The number of rotatable bonds is 3. The minimum atomic E-state index is -4.44. The molecule has 0 unspecified atom stereocenters. The third kappa shape index (κ3) is 5.58. The van der Waals surface area contributed by atoms with Crippen molar-refractivity contribution in [3.63, 3.8) is 0 Å². The third-order valence-corrected chi connectivity index (χ3v) is 1.72. The van der Waals surface area contributed by atoms with Crippen molar-refractivity contribution in [2.24, 2.45) is 0 Å². The second kappa shape index (κ2) is 5.69. The van der Waals surface area contributed by atoms with Gasteiger partial charge in [-0.15, -0.1) is 4.83 Å². The molecule has 5 nitrogen and oxygen atoms in total. The van der Waals surface area contributed by atoms with Crippen molar-refractivity contribution in [2.45, 2.75) is 6.92 Å². The minimum Gasteiger partial charge on any atom is -0.734 e. The molecule has 0 spiro atoms. The summed E-state index contributed by atoms with van der Waals surface area (Å²) in [6.07, 6.45) is 0. The van der Waals surface area contributed by atoms with Crippen molar-refractivity contribution in [1.29, 1.82) is 0 Å². The predicted octanol–water partition coefficient (Wildman–Crippen LogP) is -2.62. The van der Waals surface area contributed by atoms with Gasteiger partial charge in [0.25, 0.3) is 0 Å². The molecule has 0 aliphatic heterocycles. The molecule has 0 aliphatic carbocycles. The Labute approximate surface area is 105 Å². The summed E-state index contributed by atoms with van der Waals surface area (Å²) in [5.41, 5.74) is 3.83. The van der Waals surface area contributed by atoms with Gasteiger partial charge in [-0.25, -0.2) is 8.42 Å². The van der Waals surface area contributed by atoms with E-state index < -0.39 is 10.3 Å². The zero-order chi connectivity index (χ0) is 9.90. The van der Waals surface area contributed by atoms with Gasteiger partial charge >= 0.3 is 29.6 Å². The predicted molar refractivity (Wildman–Crippen MR) is 47.6 cm³/mol. The number of hydrogen-bond acceptors (Lipinski definition) is 4. The van der Waals surface area contributed by atoms with E-state index in [-0.39, 0.29) is 29.6 Å². The molecule has 0 heterocycles. The summed E-state index contributed by atoms with van der Waals surface area (Å²) in [7, 11) is -4.44. The summed E-state index contributed by atoms with van der Waals surface area (Å²) in [5, 5.41) is 0. The van der Waals surface area contributed by atoms with Gasteiger partial charge in [-0.2, -0.15) is 0 Å². The standard InChI is InChI=1S/C7H10N2O3S.Na/c1-6-2-4-7(5-3-6)8-9-13(10,11)12;/h2-5,8-9H,1H3,(H,10,11,12);/q;+1/p-1. The number of aryl methyl sites for hydroxylation is 1. The van der Waals surface area contributed by atoms with Crippen LogP contribution >= 0.6 is 0 Å². The summed E-state index contributed by atoms with van der Waals surface area (Å²) in [6, 6.07) is 6.91. The van der Waals surface area contributed by atoms with E-state index in [4.69, 9.17) is 0 Å². The minimum absolute atomic E-state index is 0. The number of anilines is 1. The van der Waals surface area contributed by atoms with Crippen LogP contribution in [0, 0.1) is 6.92 Å². The SMILES string of the molecule is Cc1ccc(NNS(=O)(=O)[O-])cc1.[Na+]. The van der Waals surface area contributed by atoms with Gasteiger partial charge < -0.3 is 9.98 Å². The molecule has 0 saturated carbocycles. The largest absolute Gasteiger partial charge is 1.00 e. The van der Waals surface area contributed by atoms with Crippen LogP contribution in [-0.2, 0) is 10.3 Å². The quantitative estimate of drug-likeness (QED) is 0.334. The zero-order valence-corrected chi connectivity index (χ0v) is 10.8. The smallest absolute Gasteiger partial charge is 0.734 e. The van der Waals surface area contributed by atoms with E-state index in [1.807, 2.05) is 6.92 Å². The molecule has 0 aromatic heterocycles. The van der Waals surface area contributed by atoms with Gasteiger partial charge in [-0.1, -0.05) is 17.7 Å². The van der Waals surface area contributed by atoms with E-state index in [2.05, 4.69) is 5.43 Å². The van der Waals surface area contributed by atoms with Crippen LogP contribution in [0.3, 0.4) is 0 Å². The second-order valence-electron chi connectivity index (χ2n) is 2.55. The monoisotopic (exact) mass is 224 g/mol. The molecule has 2 N–H and O–H groups in total. The fourth-order valence-electron chi connectivity index (χ4n) is 0.758. The fraction of sp³-hybridized carbons (Fsp3) is 0.143. The molecule has 0 bridgehead atoms. The van der Waals surface area contributed by atoms with Crippen LogP contribution in [0.1, 0.15) is 5.56 Å². The molecule has 0 atom stereocenters. The normalized spacial score (nSPS) is 10.4. The first-order chi connectivity index (χ1) is 5.97. The maximum atomic E-state index is 10.1. The Hall–Kier alpha value is -0.110. The molecule has 72 valence electrons. The molecule has 1 aromatic rings. The van der Waals surface area contributed by atoms with Crippen molar-refractivity contribution < 1.29 is 42.5 Å². The van der Waals surface area contributed by atoms with E-state index >= 15 is 0 Å². The molecule has 7 heteroatoms. The Kier molecular flexibility index (Phi) is 5.65. The molecule has 0 amide bonds. The van der Waals surface area contributed by atoms with Crippen LogP contribution in [-0.4, -0.2) is 13.0 Å². The first-order valence-corrected chi connectivity index (χ1v) is 4.93. The molecule has 0 aliphatic rings. The Morgan fingerprint density at radius 2 is 1.71 bits per heavy atom. The summed E-state index contributed by atoms with van der Waals surface area (Å²) < 4.78 is 30.4. The fourth-order valence-corrected chi connectivity index (χ4v) is 1.00. The van der Waals surface area contributed by atoms with Gasteiger partial charge in [0, 0.05) is 5.69 Å². The molecule has 0 radical (unpaired) electrons. The second-order valence-corrected chi connectivity index (χ2v) is 3.66. The van der Waals surface area contributed by atoms with Crippen molar-refractivity contribution in [3.05, 3.63) is 29.8 Å². The van der Waals surface area contributed by atoms with Crippen LogP contribution in [0.25, 0.3) is 0 Å². The number of hydrazine groups is 1. The van der Waals surface area contributed by atoms with E-state index in [0.717, 1.165) is 5.56 Å². The van der Waals surface area contributed by atoms with Gasteiger partial charge in [0.05, 0.1) is 0 Å². The van der Waals surface area contributed by atoms with E-state index in [0.29, 0.717) is 5.69 Å². The van der Waals surface area contributed by atoms with E-state index in [1.54, 1.807) is 29.1 Å². The van der Waals surface area contributed by atoms with Gasteiger partial charge in [0.1, 0.15) is 0 Å². The summed E-state index contributed by atoms with van der Waals surface area (Å²) >= 11 is 0. The van der Waals surface area contributed by atoms with Gasteiger partial charge in [0.2, 0.25) is 0 Å². The maximum Gasteiger partial charge on any atom is 1.00 e. The average molecular weight is 224 g/mol. The number of benzene rings is 1. The first-order valence-electron chi connectivity index (χ1n) is 3.53. The molecule has 14 heavy (non-hydrogen) atoms. The number of nitrogens with one attached hydrogen (secondary N) is 2. The first kappa shape index (κ1) is 13.9. The summed E-state index contributed by atoms with van der Waals surface area (Å²) in [6.45, 7) is 1.90. The summed E-state index contributed by atoms with van der Waals surface area (Å²) in [4.78, 5) is 1.62. The topological polar surface area (TPSA) is 81.3 Å². The van der Waals surface area contributed by atoms with Crippen molar-refractivity contribution in [2.75, 3.05) is 5.43 Å². The average Bonchev–Trinajstić information content (AvgIpc) is 2.02. The Morgan fingerprint density at radius 3 is 2.14 bits per heavy atom. The van der Waals surface area contributed by atoms with Crippen molar-refractivity contribution in [3.8, 4) is 0 Å². The number of hydrogen-bond donors (Lipinski definition) is 2. The Morgan fingerprint density at radius 1 is 1.21 bits per heavy atom. The van der Waals surface area contributed by atoms with Crippen LogP contribution in [0.15, 0.2) is 24.3 Å². The van der Waals surface area contributed by atoms with Crippen LogP contribution in [0.2, 0.25) is 0 Å². The van der Waals surface area contributed by atoms with Crippen molar-refractivity contribution >= 4 is 16.0 Å². The van der Waals surface area contributed by atoms with Gasteiger partial charge in [-0.3, -0.25) is 0 Å². The van der Waals surface area contributed by atoms with Crippen LogP contribution in [0.4, 0.5) is 5.69 Å². The van der Waals surface area contributed by atoms with E-state index in [9.17, 15) is 13.0 Å². The molecular weight excluding hydrogens is 215 g/mol. The Balaban J connectivity index is 0.00000169. The molecule has 0 saturated heterocycles. The van der Waals surface area contributed by atoms with Crippen LogP contribution < -0.4 is 39.8 Å². The van der Waals surface area contributed by atoms with Gasteiger partial charge in [-0.05, 0) is 19.1 Å². The zero-order valence-electron chi connectivity index (χ0n) is 7.94. The third-order valence-electron chi connectivity index (χ3n) is 1.37. The maximum absolute atomic E-state index is 10.1. The van der Waals surface area contributed by atoms with Crippen LogP contribution in [0.5, 0.6) is 0 Å². The Bertz CT molecular complexity index is 376. The summed E-state index contributed by atoms with van der Waals surface area (Å²) in [5.74, 6) is 0. The van der Waals surface area contributed by atoms with E-state index in [1.165, 1.54) is 0 Å². The molecule has 1 aromatic carbocycles. The molecule has 1 rings (SSSR count).